The Morgan fingerprint density at radius 3 is 2.35 bits per heavy atom. The summed E-state index contributed by atoms with van der Waals surface area (Å²) in [7, 11) is 1.45. The van der Waals surface area contributed by atoms with Crippen molar-refractivity contribution in [2.24, 2.45) is 0 Å². The monoisotopic (exact) mass is 384 g/mol. The molecule has 0 spiro atoms. The lowest BCUT2D eigenvalue weighted by atomic mass is 10.1. The summed E-state index contributed by atoms with van der Waals surface area (Å²) in [4.78, 5) is 25.3. The zero-order chi connectivity index (χ0) is 19.3. The van der Waals surface area contributed by atoms with Crippen LogP contribution in [0.3, 0.4) is 0 Å². The van der Waals surface area contributed by atoms with Gasteiger partial charge in [-0.3, -0.25) is 9.59 Å². The molecule has 0 heterocycles. The van der Waals surface area contributed by atoms with Crippen molar-refractivity contribution in [2.45, 2.75) is 12.6 Å². The van der Waals surface area contributed by atoms with Crippen molar-refractivity contribution in [3.05, 3.63) is 64.7 Å². The predicted octanol–water partition coefficient (Wildman–Crippen LogP) is 4.00. The number of hydrogen-bond donors (Lipinski definition) is 1. The van der Waals surface area contributed by atoms with Crippen molar-refractivity contribution in [3.63, 3.8) is 0 Å². The lowest BCUT2D eigenvalue weighted by Crippen LogP contribution is -2.35. The van der Waals surface area contributed by atoms with Gasteiger partial charge in [-0.25, -0.2) is 0 Å². The minimum atomic E-state index is -4.42. The average Bonchev–Trinajstić information content (AvgIpc) is 2.54. The maximum absolute atomic E-state index is 12.5. The number of nitrogens with zero attached hydrogens (tertiary/aromatic N) is 1. The lowest BCUT2D eigenvalue weighted by molar-refractivity contribution is -0.137. The molecule has 4 nitrogen and oxygen atoms in total. The normalized spacial score (nSPS) is 11.1. The second-order valence-corrected chi connectivity index (χ2v) is 6.12. The largest absolute Gasteiger partial charge is 0.416 e. The van der Waals surface area contributed by atoms with Gasteiger partial charge in [0, 0.05) is 17.8 Å². The summed E-state index contributed by atoms with van der Waals surface area (Å²) in [6, 6.07) is 10.9. The van der Waals surface area contributed by atoms with Crippen LogP contribution >= 0.6 is 11.6 Å². The van der Waals surface area contributed by atoms with E-state index in [1.54, 1.807) is 24.3 Å². The molecular weight excluding hydrogens is 369 g/mol. The van der Waals surface area contributed by atoms with E-state index in [0.717, 1.165) is 12.1 Å². The fourth-order valence-electron chi connectivity index (χ4n) is 2.19. The van der Waals surface area contributed by atoms with E-state index in [1.807, 2.05) is 0 Å². The van der Waals surface area contributed by atoms with Crippen LogP contribution in [-0.2, 0) is 22.2 Å². The van der Waals surface area contributed by atoms with Crippen LogP contribution in [0.4, 0.5) is 18.9 Å². The molecule has 2 rings (SSSR count). The summed E-state index contributed by atoms with van der Waals surface area (Å²) >= 11 is 5.83. The van der Waals surface area contributed by atoms with Gasteiger partial charge < -0.3 is 10.2 Å². The van der Waals surface area contributed by atoms with Gasteiger partial charge in [0.2, 0.25) is 11.8 Å². The van der Waals surface area contributed by atoms with Crippen LogP contribution < -0.4 is 5.32 Å². The predicted molar refractivity (Wildman–Crippen MR) is 92.9 cm³/mol. The molecule has 8 heteroatoms. The van der Waals surface area contributed by atoms with E-state index in [1.165, 1.54) is 24.1 Å². The molecule has 0 aliphatic heterocycles. The Morgan fingerprint density at radius 1 is 1.12 bits per heavy atom. The molecule has 0 atom stereocenters. The van der Waals surface area contributed by atoms with E-state index < -0.39 is 17.6 Å². The number of carbonyl (C=O) groups excluding carboxylic acids is 2. The van der Waals surface area contributed by atoms with Crippen molar-refractivity contribution in [2.75, 3.05) is 18.9 Å². The van der Waals surface area contributed by atoms with Crippen molar-refractivity contribution < 1.29 is 22.8 Å². The van der Waals surface area contributed by atoms with E-state index in [4.69, 9.17) is 11.6 Å². The summed E-state index contributed by atoms with van der Waals surface area (Å²) in [5.74, 6) is -0.790. The van der Waals surface area contributed by atoms with Crippen molar-refractivity contribution >= 4 is 29.1 Å². The van der Waals surface area contributed by atoms with Gasteiger partial charge in [-0.15, -0.1) is 0 Å². The molecule has 0 saturated heterocycles. The Kier molecular flexibility index (Phi) is 6.26. The number of nitrogens with one attached hydrogen (secondary N) is 1. The molecule has 2 aromatic carbocycles. The van der Waals surface area contributed by atoms with Crippen LogP contribution in [0, 0.1) is 0 Å². The zero-order valence-corrected chi connectivity index (χ0v) is 14.6. The Morgan fingerprint density at radius 2 is 1.77 bits per heavy atom. The number of hydrogen-bond acceptors (Lipinski definition) is 2. The SMILES string of the molecule is CN(CC(=O)Nc1cccc(Cl)c1)C(=O)Cc1ccc(C(F)(F)F)cc1. The quantitative estimate of drug-likeness (QED) is 0.847. The Labute approximate surface area is 153 Å². The third-order valence-corrected chi connectivity index (χ3v) is 3.79. The Hall–Kier alpha value is -2.54. The van der Waals surface area contributed by atoms with Gasteiger partial charge in [0.15, 0.2) is 0 Å². The molecule has 0 radical (unpaired) electrons. The highest BCUT2D eigenvalue weighted by atomic mass is 35.5. The molecule has 0 bridgehead atoms. The number of benzene rings is 2. The maximum atomic E-state index is 12.5. The first-order valence-corrected chi connectivity index (χ1v) is 7.98. The van der Waals surface area contributed by atoms with E-state index in [-0.39, 0.29) is 18.9 Å². The highest BCUT2D eigenvalue weighted by molar-refractivity contribution is 6.30. The lowest BCUT2D eigenvalue weighted by Gasteiger charge is -2.17. The number of halogens is 4. The molecule has 138 valence electrons. The fourth-order valence-corrected chi connectivity index (χ4v) is 2.38. The number of anilines is 1. The molecule has 1 N–H and O–H groups in total. The average molecular weight is 385 g/mol. The molecule has 0 fully saturated rings. The molecule has 2 aromatic rings. The van der Waals surface area contributed by atoms with Crippen molar-refractivity contribution in [1.29, 1.82) is 0 Å². The number of carbonyl (C=O) groups is 2. The van der Waals surface area contributed by atoms with Gasteiger partial charge in [-0.05, 0) is 35.9 Å². The van der Waals surface area contributed by atoms with E-state index in [0.29, 0.717) is 16.3 Å². The van der Waals surface area contributed by atoms with Crippen LogP contribution in [0.25, 0.3) is 0 Å². The van der Waals surface area contributed by atoms with E-state index >= 15 is 0 Å². The molecule has 2 amide bonds. The van der Waals surface area contributed by atoms with Gasteiger partial charge in [0.1, 0.15) is 0 Å². The molecule has 0 aliphatic carbocycles. The van der Waals surface area contributed by atoms with Gasteiger partial charge >= 0.3 is 6.18 Å². The first kappa shape index (κ1) is 19.8. The Bertz CT molecular complexity index is 792. The molecule has 0 unspecified atom stereocenters. The smallest absolute Gasteiger partial charge is 0.336 e. The first-order chi connectivity index (χ1) is 12.1. The standard InChI is InChI=1S/C18H16ClF3N2O2/c1-24(11-16(25)23-15-4-2-3-14(19)10-15)17(26)9-12-5-7-13(8-6-12)18(20,21)22/h2-8,10H,9,11H2,1H3,(H,23,25). The second-order valence-electron chi connectivity index (χ2n) is 5.68. The molecular formula is C18H16ClF3N2O2. The van der Waals surface area contributed by atoms with Crippen LogP contribution in [0.5, 0.6) is 0 Å². The molecule has 0 saturated carbocycles. The third kappa shape index (κ3) is 5.77. The summed E-state index contributed by atoms with van der Waals surface area (Å²) in [5.41, 5.74) is 0.166. The first-order valence-electron chi connectivity index (χ1n) is 7.60. The summed E-state index contributed by atoms with van der Waals surface area (Å²) in [6.45, 7) is -0.189. The van der Waals surface area contributed by atoms with Gasteiger partial charge in [-0.2, -0.15) is 13.2 Å². The third-order valence-electron chi connectivity index (χ3n) is 3.55. The fraction of sp³-hybridized carbons (Fsp3) is 0.222. The van der Waals surface area contributed by atoms with Crippen LogP contribution in [0.15, 0.2) is 48.5 Å². The minimum absolute atomic E-state index is 0.0981. The van der Waals surface area contributed by atoms with Crippen LogP contribution in [0.1, 0.15) is 11.1 Å². The number of alkyl halides is 3. The van der Waals surface area contributed by atoms with Crippen molar-refractivity contribution in [3.8, 4) is 0 Å². The molecule has 26 heavy (non-hydrogen) atoms. The summed E-state index contributed by atoms with van der Waals surface area (Å²) in [6.07, 6.45) is -4.52. The Balaban J connectivity index is 1.89. The van der Waals surface area contributed by atoms with Crippen LogP contribution in [-0.4, -0.2) is 30.3 Å². The second kappa shape index (κ2) is 8.23. The topological polar surface area (TPSA) is 49.4 Å². The number of likely N-dealkylation sites (N-methyl/N-ethyl adjacent to an activating group) is 1. The van der Waals surface area contributed by atoms with Gasteiger partial charge in [0.25, 0.3) is 0 Å². The van der Waals surface area contributed by atoms with Crippen molar-refractivity contribution in [1.82, 2.24) is 4.90 Å². The molecule has 0 aromatic heterocycles. The number of rotatable bonds is 5. The summed E-state index contributed by atoms with van der Waals surface area (Å²) in [5, 5.41) is 3.08. The van der Waals surface area contributed by atoms with Crippen LogP contribution in [0.2, 0.25) is 5.02 Å². The number of amides is 2. The highest BCUT2D eigenvalue weighted by Gasteiger charge is 2.30. The van der Waals surface area contributed by atoms with Gasteiger partial charge in [0.05, 0.1) is 18.5 Å². The minimum Gasteiger partial charge on any atom is -0.336 e. The molecule has 0 aliphatic rings. The summed E-state index contributed by atoms with van der Waals surface area (Å²) < 4.78 is 37.6. The zero-order valence-electron chi connectivity index (χ0n) is 13.8. The van der Waals surface area contributed by atoms with Gasteiger partial charge in [-0.1, -0.05) is 29.8 Å². The van der Waals surface area contributed by atoms with E-state index in [2.05, 4.69) is 5.32 Å². The van der Waals surface area contributed by atoms with E-state index in [9.17, 15) is 22.8 Å². The maximum Gasteiger partial charge on any atom is 0.416 e. The highest BCUT2D eigenvalue weighted by Crippen LogP contribution is 2.29.